The van der Waals surface area contributed by atoms with Crippen molar-refractivity contribution >= 4 is 40.0 Å². The van der Waals surface area contributed by atoms with E-state index in [1.807, 2.05) is 18.2 Å². The molecule has 0 aromatic carbocycles. The van der Waals surface area contributed by atoms with Crippen LogP contribution in [0, 0.1) is 0 Å². The van der Waals surface area contributed by atoms with Crippen molar-refractivity contribution in [3.8, 4) is 0 Å². The molecular formula is C15H18IN5O. The summed E-state index contributed by atoms with van der Waals surface area (Å²) in [4.78, 5) is 16.1. The number of rotatable bonds is 4. The zero-order chi connectivity index (χ0) is 16.3. The Bertz CT molecular complexity index is 697. The lowest BCUT2D eigenvalue weighted by Gasteiger charge is -2.18. The van der Waals surface area contributed by atoms with Gasteiger partial charge in [-0.25, -0.2) is 4.98 Å². The van der Waals surface area contributed by atoms with Gasteiger partial charge in [-0.3, -0.25) is 4.79 Å². The molecule has 2 aromatic rings. The SMILES string of the molecule is CC(C)(C)c1cccc(Nc2cc(CI)nnc2C(N)=O)n1. The van der Waals surface area contributed by atoms with Gasteiger partial charge in [0.2, 0.25) is 0 Å². The zero-order valence-electron chi connectivity index (χ0n) is 12.7. The van der Waals surface area contributed by atoms with Gasteiger partial charge in [0.1, 0.15) is 5.82 Å². The third kappa shape index (κ3) is 3.90. The number of alkyl halides is 1. The lowest BCUT2D eigenvalue weighted by molar-refractivity contribution is 0.0995. The molecule has 1 amide bonds. The molecule has 0 saturated heterocycles. The monoisotopic (exact) mass is 411 g/mol. The van der Waals surface area contributed by atoms with Crippen molar-refractivity contribution in [1.29, 1.82) is 0 Å². The lowest BCUT2D eigenvalue weighted by atomic mass is 9.92. The second-order valence-electron chi connectivity index (χ2n) is 5.88. The Morgan fingerprint density at radius 2 is 2.05 bits per heavy atom. The minimum absolute atomic E-state index is 0.0614. The normalized spacial score (nSPS) is 11.3. The molecular weight excluding hydrogens is 393 g/mol. The Morgan fingerprint density at radius 3 is 2.64 bits per heavy atom. The summed E-state index contributed by atoms with van der Waals surface area (Å²) in [6, 6.07) is 7.50. The molecule has 2 rings (SSSR count). The third-order valence-electron chi connectivity index (χ3n) is 3.00. The first-order valence-electron chi connectivity index (χ1n) is 6.78. The number of primary amides is 1. The fourth-order valence-electron chi connectivity index (χ4n) is 1.83. The topological polar surface area (TPSA) is 93.8 Å². The van der Waals surface area contributed by atoms with Crippen molar-refractivity contribution in [2.24, 2.45) is 5.73 Å². The Labute approximate surface area is 143 Å². The van der Waals surface area contributed by atoms with E-state index >= 15 is 0 Å². The zero-order valence-corrected chi connectivity index (χ0v) is 14.9. The van der Waals surface area contributed by atoms with Gasteiger partial charge in [-0.15, -0.1) is 5.10 Å². The highest BCUT2D eigenvalue weighted by atomic mass is 127. The number of pyridine rings is 1. The molecule has 3 N–H and O–H groups in total. The maximum atomic E-state index is 11.5. The summed E-state index contributed by atoms with van der Waals surface area (Å²) in [5, 5.41) is 11.0. The van der Waals surface area contributed by atoms with Crippen molar-refractivity contribution in [2.45, 2.75) is 30.6 Å². The first-order valence-corrected chi connectivity index (χ1v) is 8.30. The van der Waals surface area contributed by atoms with E-state index in [0.717, 1.165) is 11.4 Å². The van der Waals surface area contributed by atoms with Crippen LogP contribution in [0.5, 0.6) is 0 Å². The Morgan fingerprint density at radius 1 is 1.32 bits per heavy atom. The van der Waals surface area contributed by atoms with Crippen LogP contribution < -0.4 is 11.1 Å². The summed E-state index contributed by atoms with van der Waals surface area (Å²) in [7, 11) is 0. The first kappa shape index (κ1) is 16.6. The molecule has 22 heavy (non-hydrogen) atoms. The molecule has 0 atom stereocenters. The van der Waals surface area contributed by atoms with Gasteiger partial charge in [0.05, 0.1) is 11.4 Å². The minimum Gasteiger partial charge on any atom is -0.364 e. The van der Waals surface area contributed by atoms with Crippen LogP contribution >= 0.6 is 22.6 Å². The Kier molecular flexibility index (Phi) is 4.94. The number of halogens is 1. The summed E-state index contributed by atoms with van der Waals surface area (Å²) in [5.74, 6) is 0.0179. The van der Waals surface area contributed by atoms with Crippen LogP contribution in [-0.4, -0.2) is 21.1 Å². The summed E-state index contributed by atoms with van der Waals surface area (Å²) >= 11 is 2.18. The maximum absolute atomic E-state index is 11.5. The van der Waals surface area contributed by atoms with Gasteiger partial charge in [0.25, 0.3) is 5.91 Å². The number of aromatic nitrogens is 3. The van der Waals surface area contributed by atoms with Crippen LogP contribution in [0.3, 0.4) is 0 Å². The molecule has 0 aliphatic heterocycles. The number of amides is 1. The highest BCUT2D eigenvalue weighted by molar-refractivity contribution is 14.1. The molecule has 2 aromatic heterocycles. The van der Waals surface area contributed by atoms with E-state index in [1.165, 1.54) is 0 Å². The highest BCUT2D eigenvalue weighted by Crippen LogP contribution is 2.24. The summed E-state index contributed by atoms with van der Waals surface area (Å²) in [5.41, 5.74) is 7.64. The van der Waals surface area contributed by atoms with Gasteiger partial charge in [0, 0.05) is 15.5 Å². The number of nitrogens with two attached hydrogens (primary N) is 1. The number of carbonyl (C=O) groups is 1. The van der Waals surface area contributed by atoms with Gasteiger partial charge < -0.3 is 11.1 Å². The van der Waals surface area contributed by atoms with Gasteiger partial charge in [-0.2, -0.15) is 5.10 Å². The molecule has 0 unspecified atom stereocenters. The third-order valence-corrected chi connectivity index (χ3v) is 3.78. The quantitative estimate of drug-likeness (QED) is 0.596. The second kappa shape index (κ2) is 6.55. The molecule has 6 nitrogen and oxygen atoms in total. The summed E-state index contributed by atoms with van der Waals surface area (Å²) in [6.07, 6.45) is 0. The molecule has 0 radical (unpaired) electrons. The number of carbonyl (C=O) groups excluding carboxylic acids is 1. The first-order chi connectivity index (χ1) is 10.3. The average Bonchev–Trinajstić information content (AvgIpc) is 2.46. The predicted octanol–water partition coefficient (Wildman–Crippen LogP) is 2.95. The van der Waals surface area contributed by atoms with Crippen molar-refractivity contribution in [2.75, 3.05) is 5.32 Å². The molecule has 7 heteroatoms. The molecule has 0 aliphatic rings. The summed E-state index contributed by atoms with van der Waals surface area (Å²) < 4.78 is 0.688. The molecule has 116 valence electrons. The number of nitrogens with zero attached hydrogens (tertiary/aromatic N) is 3. The van der Waals surface area contributed by atoms with Crippen LogP contribution in [0.1, 0.15) is 42.6 Å². The molecule has 2 heterocycles. The molecule has 0 saturated carbocycles. The Balaban J connectivity index is 2.40. The summed E-state index contributed by atoms with van der Waals surface area (Å²) in [6.45, 7) is 6.28. The van der Waals surface area contributed by atoms with Crippen LogP contribution in [0.25, 0.3) is 0 Å². The van der Waals surface area contributed by atoms with E-state index in [2.05, 4.69) is 63.9 Å². The highest BCUT2D eigenvalue weighted by Gasteiger charge is 2.17. The van der Waals surface area contributed by atoms with Crippen LogP contribution in [-0.2, 0) is 9.84 Å². The van der Waals surface area contributed by atoms with Crippen LogP contribution in [0.4, 0.5) is 11.5 Å². The van der Waals surface area contributed by atoms with E-state index in [9.17, 15) is 4.79 Å². The van der Waals surface area contributed by atoms with Crippen molar-refractivity contribution < 1.29 is 4.79 Å². The molecule has 0 fully saturated rings. The largest absolute Gasteiger partial charge is 0.364 e. The standard InChI is InChI=1S/C15H18IN5O/c1-15(2,3)11-5-4-6-12(19-11)18-10-7-9(8-16)20-21-13(10)14(17)22/h4-7H,8H2,1-3H3,(H2,17,22)(H,18,19,20). The second-order valence-corrected chi connectivity index (χ2v) is 6.64. The van der Waals surface area contributed by atoms with Gasteiger partial charge in [-0.05, 0) is 18.2 Å². The number of hydrogen-bond acceptors (Lipinski definition) is 5. The average molecular weight is 411 g/mol. The van der Waals surface area contributed by atoms with Gasteiger partial charge >= 0.3 is 0 Å². The Hall–Kier alpha value is -1.77. The predicted molar refractivity (Wildman–Crippen MR) is 94.5 cm³/mol. The fourth-order valence-corrected chi connectivity index (χ4v) is 2.21. The number of nitrogens with one attached hydrogen (secondary N) is 1. The smallest absolute Gasteiger partial charge is 0.271 e. The van der Waals surface area contributed by atoms with Crippen LogP contribution in [0.15, 0.2) is 24.3 Å². The molecule has 0 aliphatic carbocycles. The number of hydrogen-bond donors (Lipinski definition) is 2. The maximum Gasteiger partial charge on any atom is 0.271 e. The van der Waals surface area contributed by atoms with Crippen LogP contribution in [0.2, 0.25) is 0 Å². The number of anilines is 2. The van der Waals surface area contributed by atoms with E-state index in [0.29, 0.717) is 15.9 Å². The minimum atomic E-state index is -0.623. The van der Waals surface area contributed by atoms with E-state index in [1.54, 1.807) is 6.07 Å². The van der Waals surface area contributed by atoms with Gasteiger partial charge in [-0.1, -0.05) is 49.4 Å². The van der Waals surface area contributed by atoms with E-state index < -0.39 is 5.91 Å². The molecule has 0 spiro atoms. The fraction of sp³-hybridized carbons (Fsp3) is 0.333. The van der Waals surface area contributed by atoms with Gasteiger partial charge in [0.15, 0.2) is 5.69 Å². The van der Waals surface area contributed by atoms with Crippen molar-refractivity contribution in [3.05, 3.63) is 41.3 Å². The van der Waals surface area contributed by atoms with Crippen molar-refractivity contribution in [3.63, 3.8) is 0 Å². The van der Waals surface area contributed by atoms with E-state index in [4.69, 9.17) is 5.73 Å². The lowest BCUT2D eigenvalue weighted by Crippen LogP contribution is -2.18. The molecule has 0 bridgehead atoms. The van der Waals surface area contributed by atoms with Crippen molar-refractivity contribution in [1.82, 2.24) is 15.2 Å². The van der Waals surface area contributed by atoms with E-state index in [-0.39, 0.29) is 11.1 Å².